The molecule has 26 heavy (non-hydrogen) atoms. The van der Waals surface area contributed by atoms with E-state index in [1.165, 1.54) is 0 Å². The van der Waals surface area contributed by atoms with Crippen molar-refractivity contribution in [2.75, 3.05) is 13.1 Å². The molecule has 0 bridgehead atoms. The zero-order valence-corrected chi connectivity index (χ0v) is 15.1. The minimum atomic E-state index is -0.707. The van der Waals surface area contributed by atoms with Gasteiger partial charge in [-0.15, -0.1) is 13.2 Å². The average Bonchev–Trinajstić information content (AvgIpc) is 3.11. The molecule has 2 rings (SSSR count). The summed E-state index contributed by atoms with van der Waals surface area (Å²) >= 11 is 0. The molecule has 6 heteroatoms. The second-order valence-corrected chi connectivity index (χ2v) is 5.96. The van der Waals surface area contributed by atoms with Crippen LogP contribution in [0.1, 0.15) is 23.0 Å². The van der Waals surface area contributed by atoms with Gasteiger partial charge in [-0.25, -0.2) is 0 Å². The smallest absolute Gasteiger partial charge is 0.274 e. The summed E-state index contributed by atoms with van der Waals surface area (Å²) in [6.07, 6.45) is 3.25. The van der Waals surface area contributed by atoms with Crippen molar-refractivity contribution >= 4 is 11.8 Å². The molecule has 0 saturated carbocycles. The molecule has 1 aromatic heterocycles. The van der Waals surface area contributed by atoms with Crippen LogP contribution < -0.4 is 5.32 Å². The highest BCUT2D eigenvalue weighted by molar-refractivity contribution is 5.96. The topological polar surface area (TPSA) is 75.4 Å². The van der Waals surface area contributed by atoms with Crippen molar-refractivity contribution in [3.05, 3.63) is 66.9 Å². The lowest BCUT2D eigenvalue weighted by Crippen LogP contribution is -2.47. The van der Waals surface area contributed by atoms with Crippen LogP contribution in [0, 0.1) is 6.92 Å². The van der Waals surface area contributed by atoms with Crippen LogP contribution in [0.2, 0.25) is 0 Å². The average molecular weight is 353 g/mol. The molecular formula is C20H23N3O3. The van der Waals surface area contributed by atoms with E-state index in [9.17, 15) is 9.59 Å². The van der Waals surface area contributed by atoms with Crippen molar-refractivity contribution in [1.29, 1.82) is 0 Å². The Morgan fingerprint density at radius 1 is 1.23 bits per heavy atom. The van der Waals surface area contributed by atoms with Crippen LogP contribution in [0.3, 0.4) is 0 Å². The number of hydrogen-bond donors (Lipinski definition) is 1. The van der Waals surface area contributed by atoms with Gasteiger partial charge in [-0.2, -0.15) is 0 Å². The van der Waals surface area contributed by atoms with E-state index in [0.29, 0.717) is 18.8 Å². The molecule has 1 unspecified atom stereocenters. The molecule has 1 atom stereocenters. The largest absolute Gasteiger partial charge is 0.355 e. The lowest BCUT2D eigenvalue weighted by molar-refractivity contribution is -0.131. The molecule has 0 aliphatic rings. The molecule has 0 radical (unpaired) electrons. The van der Waals surface area contributed by atoms with Crippen molar-refractivity contribution in [2.24, 2.45) is 0 Å². The lowest BCUT2D eigenvalue weighted by atomic mass is 10.1. The maximum Gasteiger partial charge on any atom is 0.274 e. The second-order valence-electron chi connectivity index (χ2n) is 5.96. The predicted molar refractivity (Wildman–Crippen MR) is 101 cm³/mol. The number of aryl methyl sites for hydroxylation is 1. The Labute approximate surface area is 153 Å². The fourth-order valence-electron chi connectivity index (χ4n) is 2.41. The van der Waals surface area contributed by atoms with E-state index in [1.54, 1.807) is 30.0 Å². The third kappa shape index (κ3) is 4.69. The van der Waals surface area contributed by atoms with Crippen molar-refractivity contribution in [1.82, 2.24) is 15.4 Å². The van der Waals surface area contributed by atoms with E-state index in [2.05, 4.69) is 23.6 Å². The number of benzene rings is 1. The highest BCUT2D eigenvalue weighted by Gasteiger charge is 2.23. The van der Waals surface area contributed by atoms with Gasteiger partial charge in [0.15, 0.2) is 11.5 Å². The number of amides is 2. The van der Waals surface area contributed by atoms with Crippen molar-refractivity contribution in [3.8, 4) is 11.3 Å². The summed E-state index contributed by atoms with van der Waals surface area (Å²) in [6, 6.07) is 8.54. The third-order valence-corrected chi connectivity index (χ3v) is 3.81. The molecule has 0 fully saturated rings. The predicted octanol–water partition coefficient (Wildman–Crippen LogP) is 2.97. The van der Waals surface area contributed by atoms with Gasteiger partial charge < -0.3 is 14.7 Å². The normalized spacial score (nSPS) is 11.5. The van der Waals surface area contributed by atoms with Crippen LogP contribution in [-0.2, 0) is 4.79 Å². The maximum atomic E-state index is 12.4. The van der Waals surface area contributed by atoms with Gasteiger partial charge >= 0.3 is 0 Å². The summed E-state index contributed by atoms with van der Waals surface area (Å²) in [4.78, 5) is 26.3. The molecule has 1 aromatic carbocycles. The zero-order valence-electron chi connectivity index (χ0n) is 15.1. The van der Waals surface area contributed by atoms with E-state index < -0.39 is 11.9 Å². The standard InChI is InChI=1S/C20H23N3O3/c1-5-11-23(12-6-2)20(25)15(4)21-19(24)17-13-18(26-22-17)16-9-7-14(3)8-10-16/h5-10,13,15H,1-2,11-12H2,3-4H3,(H,21,24). The van der Waals surface area contributed by atoms with Gasteiger partial charge in [-0.1, -0.05) is 47.1 Å². The van der Waals surface area contributed by atoms with E-state index >= 15 is 0 Å². The minimum Gasteiger partial charge on any atom is -0.355 e. The Kier molecular flexibility index (Phi) is 6.49. The van der Waals surface area contributed by atoms with E-state index in [4.69, 9.17) is 4.52 Å². The van der Waals surface area contributed by atoms with Gasteiger partial charge in [0.2, 0.25) is 5.91 Å². The maximum absolute atomic E-state index is 12.4. The first-order valence-electron chi connectivity index (χ1n) is 8.31. The van der Waals surface area contributed by atoms with Crippen molar-refractivity contribution in [2.45, 2.75) is 19.9 Å². The second kappa shape index (κ2) is 8.80. The number of aromatic nitrogens is 1. The minimum absolute atomic E-state index is 0.124. The Hall–Kier alpha value is -3.15. The Morgan fingerprint density at radius 3 is 2.42 bits per heavy atom. The first kappa shape index (κ1) is 19.2. The van der Waals surface area contributed by atoms with Crippen LogP contribution >= 0.6 is 0 Å². The molecule has 1 heterocycles. The molecule has 2 aromatic rings. The monoisotopic (exact) mass is 353 g/mol. The summed E-state index contributed by atoms with van der Waals surface area (Å²) in [5.41, 5.74) is 2.08. The fraction of sp³-hybridized carbons (Fsp3) is 0.250. The quantitative estimate of drug-likeness (QED) is 0.740. The first-order valence-corrected chi connectivity index (χ1v) is 8.31. The van der Waals surface area contributed by atoms with Crippen molar-refractivity contribution in [3.63, 3.8) is 0 Å². The molecule has 1 N–H and O–H groups in total. The zero-order chi connectivity index (χ0) is 19.1. The van der Waals surface area contributed by atoms with E-state index in [1.807, 2.05) is 31.2 Å². The van der Waals surface area contributed by atoms with Gasteiger partial charge in [-0.3, -0.25) is 9.59 Å². The van der Waals surface area contributed by atoms with E-state index in [0.717, 1.165) is 11.1 Å². The molecule has 136 valence electrons. The van der Waals surface area contributed by atoms with Gasteiger partial charge in [0.25, 0.3) is 5.91 Å². The molecule has 2 amide bonds. The lowest BCUT2D eigenvalue weighted by Gasteiger charge is -2.23. The van der Waals surface area contributed by atoms with Gasteiger partial charge in [0.1, 0.15) is 6.04 Å². The molecule has 0 saturated heterocycles. The summed E-state index contributed by atoms with van der Waals surface area (Å²) in [5.74, 6) is -0.195. The highest BCUT2D eigenvalue weighted by atomic mass is 16.5. The summed E-state index contributed by atoms with van der Waals surface area (Å²) in [7, 11) is 0. The van der Waals surface area contributed by atoms with Crippen LogP contribution in [0.25, 0.3) is 11.3 Å². The summed E-state index contributed by atoms with van der Waals surface area (Å²) < 4.78 is 5.25. The third-order valence-electron chi connectivity index (χ3n) is 3.81. The van der Waals surface area contributed by atoms with Crippen LogP contribution in [0.15, 0.2) is 60.2 Å². The van der Waals surface area contributed by atoms with Gasteiger partial charge in [0.05, 0.1) is 0 Å². The number of nitrogens with one attached hydrogen (secondary N) is 1. The molecule has 6 nitrogen and oxygen atoms in total. The summed E-state index contributed by atoms with van der Waals surface area (Å²) in [5, 5.41) is 6.45. The van der Waals surface area contributed by atoms with E-state index in [-0.39, 0.29) is 11.6 Å². The van der Waals surface area contributed by atoms with Crippen LogP contribution in [0.5, 0.6) is 0 Å². The Bertz CT molecular complexity index is 783. The molecule has 0 spiro atoms. The summed E-state index contributed by atoms with van der Waals surface area (Å²) in [6.45, 7) is 11.6. The van der Waals surface area contributed by atoms with Gasteiger partial charge in [-0.05, 0) is 13.8 Å². The molecule has 0 aliphatic heterocycles. The van der Waals surface area contributed by atoms with Gasteiger partial charge in [0, 0.05) is 24.7 Å². The number of hydrogen-bond acceptors (Lipinski definition) is 4. The molecule has 0 aliphatic carbocycles. The highest BCUT2D eigenvalue weighted by Crippen LogP contribution is 2.20. The molecular weight excluding hydrogens is 330 g/mol. The Balaban J connectivity index is 2.05. The Morgan fingerprint density at radius 2 is 1.85 bits per heavy atom. The number of rotatable bonds is 8. The van der Waals surface area contributed by atoms with Crippen LogP contribution in [-0.4, -0.2) is 41.0 Å². The number of nitrogens with zero attached hydrogens (tertiary/aromatic N) is 2. The van der Waals surface area contributed by atoms with Crippen LogP contribution in [0.4, 0.5) is 0 Å². The number of carbonyl (C=O) groups is 2. The van der Waals surface area contributed by atoms with Crippen molar-refractivity contribution < 1.29 is 14.1 Å². The SMILES string of the molecule is C=CCN(CC=C)C(=O)C(C)NC(=O)c1cc(-c2ccc(C)cc2)on1. The fourth-order valence-corrected chi connectivity index (χ4v) is 2.41. The number of carbonyl (C=O) groups excluding carboxylic acids is 2. The first-order chi connectivity index (χ1) is 12.5.